The molecule has 4 aromatic rings. The fourth-order valence-corrected chi connectivity index (χ4v) is 3.50. The van der Waals surface area contributed by atoms with E-state index in [-0.39, 0.29) is 0 Å². The Labute approximate surface area is 185 Å². The molecule has 0 atom stereocenters. The molecule has 2 aromatic carbocycles. The van der Waals surface area contributed by atoms with Gasteiger partial charge in [-0.2, -0.15) is 0 Å². The molecule has 158 valence electrons. The molecule has 1 saturated heterocycles. The first kappa shape index (κ1) is 19.7. The van der Waals surface area contributed by atoms with E-state index >= 15 is 0 Å². The van der Waals surface area contributed by atoms with E-state index in [1.54, 1.807) is 18.3 Å². The highest BCUT2D eigenvalue weighted by atomic mass is 35.5. The second kappa shape index (κ2) is 8.45. The van der Waals surface area contributed by atoms with Crippen molar-refractivity contribution in [2.24, 2.45) is 7.05 Å². The molecule has 1 fully saturated rings. The van der Waals surface area contributed by atoms with Crippen LogP contribution in [-0.2, 0) is 18.3 Å². The molecule has 0 amide bonds. The molecule has 0 bridgehead atoms. The summed E-state index contributed by atoms with van der Waals surface area (Å²) < 4.78 is 13.1. The molecule has 7 nitrogen and oxygen atoms in total. The number of nitrogens with one attached hydrogen (secondary N) is 2. The van der Waals surface area contributed by atoms with Crippen LogP contribution in [0.5, 0.6) is 11.5 Å². The second-order valence-electron chi connectivity index (χ2n) is 7.47. The lowest BCUT2D eigenvalue weighted by molar-refractivity contribution is 0.0211. The lowest BCUT2D eigenvalue weighted by Gasteiger charge is -2.27. The van der Waals surface area contributed by atoms with Crippen LogP contribution in [0.3, 0.4) is 0 Å². The van der Waals surface area contributed by atoms with Crippen molar-refractivity contribution in [1.82, 2.24) is 14.5 Å². The maximum atomic E-state index is 5.90. The molecule has 31 heavy (non-hydrogen) atoms. The highest BCUT2D eigenvalue weighted by molar-refractivity contribution is 6.30. The second-order valence-corrected chi connectivity index (χ2v) is 7.91. The third-order valence-corrected chi connectivity index (χ3v) is 5.42. The van der Waals surface area contributed by atoms with E-state index in [0.717, 1.165) is 47.3 Å². The predicted octanol–water partition coefficient (Wildman–Crippen LogP) is 4.84. The van der Waals surface area contributed by atoms with Crippen molar-refractivity contribution in [3.05, 3.63) is 71.5 Å². The number of rotatable bonds is 7. The zero-order valence-electron chi connectivity index (χ0n) is 17.0. The summed E-state index contributed by atoms with van der Waals surface area (Å²) in [5.41, 5.74) is 3.98. The van der Waals surface area contributed by atoms with Gasteiger partial charge in [0.1, 0.15) is 11.5 Å². The summed E-state index contributed by atoms with van der Waals surface area (Å²) in [5.74, 6) is 2.18. The minimum absolute atomic E-state index is 0.390. The first-order valence-electron chi connectivity index (χ1n) is 10.1. The number of imidazole rings is 1. The van der Waals surface area contributed by atoms with Crippen LogP contribution in [0.25, 0.3) is 11.0 Å². The molecule has 0 unspecified atom stereocenters. The van der Waals surface area contributed by atoms with Gasteiger partial charge in [-0.05, 0) is 54.6 Å². The number of benzene rings is 2. The van der Waals surface area contributed by atoms with Crippen molar-refractivity contribution in [2.75, 3.05) is 23.8 Å². The fraction of sp³-hybridized carbons (Fsp3) is 0.217. The molecule has 3 heterocycles. The molecule has 0 radical (unpaired) electrons. The van der Waals surface area contributed by atoms with E-state index in [4.69, 9.17) is 26.1 Å². The van der Waals surface area contributed by atoms with Gasteiger partial charge in [0.05, 0.1) is 48.7 Å². The number of fused-ring (bicyclic) bond motifs is 1. The average molecular weight is 436 g/mol. The molecule has 1 aliphatic rings. The first-order chi connectivity index (χ1) is 15.1. The van der Waals surface area contributed by atoms with Gasteiger partial charge in [-0.15, -0.1) is 0 Å². The van der Waals surface area contributed by atoms with Crippen molar-refractivity contribution in [3.8, 4) is 11.5 Å². The van der Waals surface area contributed by atoms with Gasteiger partial charge in [-0.25, -0.2) is 4.98 Å². The van der Waals surface area contributed by atoms with E-state index in [2.05, 4.69) is 32.3 Å². The van der Waals surface area contributed by atoms with Crippen LogP contribution >= 0.6 is 11.6 Å². The summed E-state index contributed by atoms with van der Waals surface area (Å²) in [7, 11) is 2.00. The summed E-state index contributed by atoms with van der Waals surface area (Å²) in [6.07, 6.45) is 1.71. The zero-order valence-corrected chi connectivity index (χ0v) is 17.8. The molecule has 8 heteroatoms. The molecule has 1 aliphatic heterocycles. The van der Waals surface area contributed by atoms with E-state index in [0.29, 0.717) is 23.4 Å². The number of anilines is 2. The molecular formula is C23H22ClN5O2. The van der Waals surface area contributed by atoms with Gasteiger partial charge in [0, 0.05) is 17.8 Å². The number of aryl methyl sites for hydroxylation is 1. The summed E-state index contributed by atoms with van der Waals surface area (Å²) >= 11 is 5.90. The molecule has 0 saturated carbocycles. The van der Waals surface area contributed by atoms with Crippen LogP contribution in [0.4, 0.5) is 11.6 Å². The average Bonchev–Trinajstić information content (AvgIpc) is 3.07. The number of aromatic nitrogens is 3. The summed E-state index contributed by atoms with van der Waals surface area (Å²) in [4.78, 5) is 9.18. The predicted molar refractivity (Wildman–Crippen MR) is 122 cm³/mol. The molecule has 2 N–H and O–H groups in total. The number of hydrogen-bond acceptors (Lipinski definition) is 6. The van der Waals surface area contributed by atoms with Crippen LogP contribution < -0.4 is 15.4 Å². The van der Waals surface area contributed by atoms with E-state index in [1.807, 2.05) is 37.4 Å². The van der Waals surface area contributed by atoms with Gasteiger partial charge in [-0.3, -0.25) is 4.98 Å². The summed E-state index contributed by atoms with van der Waals surface area (Å²) in [5, 5.41) is 7.52. The highest BCUT2D eigenvalue weighted by Crippen LogP contribution is 2.25. The normalized spacial score (nSPS) is 13.7. The SMILES string of the molecule is Cn1c(NCc2ccc(Oc3ccc(Cl)cc3)cn2)nc2ccc(NC3COC3)cc21. The largest absolute Gasteiger partial charge is 0.456 e. The molecule has 5 rings (SSSR count). The van der Waals surface area contributed by atoms with Crippen molar-refractivity contribution in [3.63, 3.8) is 0 Å². The Morgan fingerprint density at radius 1 is 1.10 bits per heavy atom. The Kier molecular flexibility index (Phi) is 5.36. The van der Waals surface area contributed by atoms with Crippen LogP contribution in [-0.4, -0.2) is 33.8 Å². The minimum atomic E-state index is 0.390. The Hall–Kier alpha value is -3.29. The lowest BCUT2D eigenvalue weighted by Crippen LogP contribution is -2.40. The first-order valence-corrected chi connectivity index (χ1v) is 10.4. The third-order valence-electron chi connectivity index (χ3n) is 5.16. The van der Waals surface area contributed by atoms with Crippen molar-refractivity contribution in [2.45, 2.75) is 12.6 Å². The van der Waals surface area contributed by atoms with E-state index < -0.39 is 0 Å². The fourth-order valence-electron chi connectivity index (χ4n) is 3.38. The van der Waals surface area contributed by atoms with Gasteiger partial charge < -0.3 is 24.7 Å². The van der Waals surface area contributed by atoms with Gasteiger partial charge >= 0.3 is 0 Å². The zero-order chi connectivity index (χ0) is 21.2. The molecular weight excluding hydrogens is 414 g/mol. The van der Waals surface area contributed by atoms with Gasteiger partial charge in [-0.1, -0.05) is 11.6 Å². The topological polar surface area (TPSA) is 73.2 Å². The Morgan fingerprint density at radius 3 is 2.61 bits per heavy atom. The molecule has 0 spiro atoms. The summed E-state index contributed by atoms with van der Waals surface area (Å²) in [6, 6.07) is 17.7. The Morgan fingerprint density at radius 2 is 1.90 bits per heavy atom. The van der Waals surface area contributed by atoms with E-state index in [1.165, 1.54) is 0 Å². The quantitative estimate of drug-likeness (QED) is 0.433. The maximum absolute atomic E-state index is 5.90. The van der Waals surface area contributed by atoms with Crippen LogP contribution in [0, 0.1) is 0 Å². The highest BCUT2D eigenvalue weighted by Gasteiger charge is 2.18. The number of hydrogen-bond donors (Lipinski definition) is 2. The van der Waals surface area contributed by atoms with Gasteiger partial charge in [0.2, 0.25) is 5.95 Å². The molecule has 2 aromatic heterocycles. The van der Waals surface area contributed by atoms with Crippen LogP contribution in [0.1, 0.15) is 5.69 Å². The van der Waals surface area contributed by atoms with Crippen molar-refractivity contribution < 1.29 is 9.47 Å². The third kappa shape index (κ3) is 4.42. The van der Waals surface area contributed by atoms with Crippen molar-refractivity contribution in [1.29, 1.82) is 0 Å². The Balaban J connectivity index is 1.23. The van der Waals surface area contributed by atoms with E-state index in [9.17, 15) is 0 Å². The minimum Gasteiger partial charge on any atom is -0.456 e. The number of ether oxygens (including phenoxy) is 2. The van der Waals surface area contributed by atoms with Gasteiger partial charge in [0.25, 0.3) is 0 Å². The van der Waals surface area contributed by atoms with Crippen molar-refractivity contribution >= 4 is 34.3 Å². The Bertz CT molecular complexity index is 1190. The number of nitrogens with zero attached hydrogens (tertiary/aromatic N) is 3. The number of halogens is 1. The standard InChI is InChI=1S/C23H22ClN5O2/c1-29-22-10-16(27-18-13-30-14-18)5-9-21(22)28-23(29)26-11-17-4-8-20(12-25-17)31-19-6-2-15(24)3-7-19/h2-10,12,18,27H,11,13-14H2,1H3,(H,26,28). The van der Waals surface area contributed by atoms with Crippen LogP contribution in [0.15, 0.2) is 60.8 Å². The summed E-state index contributed by atoms with van der Waals surface area (Å²) in [6.45, 7) is 2.07. The monoisotopic (exact) mass is 435 g/mol. The van der Waals surface area contributed by atoms with Gasteiger partial charge in [0.15, 0.2) is 0 Å². The lowest BCUT2D eigenvalue weighted by atomic mass is 10.2. The van der Waals surface area contributed by atoms with Crippen LogP contribution in [0.2, 0.25) is 5.02 Å². The smallest absolute Gasteiger partial charge is 0.203 e. The molecule has 0 aliphatic carbocycles. The number of pyridine rings is 1. The maximum Gasteiger partial charge on any atom is 0.203 e.